The van der Waals surface area contributed by atoms with Gasteiger partial charge in [0.25, 0.3) is 0 Å². The zero-order chi connectivity index (χ0) is 17.7. The fourth-order valence-electron chi connectivity index (χ4n) is 2.08. The van der Waals surface area contributed by atoms with Crippen LogP contribution < -0.4 is 4.74 Å². The van der Waals surface area contributed by atoms with Crippen LogP contribution in [0.15, 0.2) is 41.2 Å². The Morgan fingerprint density at radius 2 is 2.00 bits per heavy atom. The maximum absolute atomic E-state index is 10.9. The Labute approximate surface area is 143 Å². The normalized spacial score (nSPS) is 27.7. The van der Waals surface area contributed by atoms with Crippen molar-refractivity contribution in [3.63, 3.8) is 0 Å². The van der Waals surface area contributed by atoms with Crippen LogP contribution in [0, 0.1) is 0 Å². The van der Waals surface area contributed by atoms with Crippen molar-refractivity contribution in [2.24, 2.45) is 4.99 Å². The van der Waals surface area contributed by atoms with E-state index in [0.29, 0.717) is 17.3 Å². The SMILES string of the molecule is O=P(O)(O)/C=C/[C@@H]1C[C@H](O)[C@H](O)[C@@H](Oc2ccc(N=C=S)cc2)O1. The van der Waals surface area contributed by atoms with E-state index in [1.165, 1.54) is 0 Å². The van der Waals surface area contributed by atoms with Crippen LogP contribution in [0.1, 0.15) is 6.42 Å². The van der Waals surface area contributed by atoms with E-state index in [1.807, 2.05) is 0 Å². The average Bonchev–Trinajstić information content (AvgIpc) is 2.51. The lowest BCUT2D eigenvalue weighted by molar-refractivity contribution is -0.225. The zero-order valence-corrected chi connectivity index (χ0v) is 14.0. The highest BCUT2D eigenvalue weighted by Crippen LogP contribution is 2.37. The molecule has 0 aliphatic carbocycles. The van der Waals surface area contributed by atoms with Crippen LogP contribution in [0.25, 0.3) is 0 Å². The lowest BCUT2D eigenvalue weighted by Gasteiger charge is -2.35. The molecule has 0 unspecified atom stereocenters. The van der Waals surface area contributed by atoms with Gasteiger partial charge in [0.1, 0.15) is 11.9 Å². The number of ether oxygens (including phenoxy) is 2. The van der Waals surface area contributed by atoms with Gasteiger partial charge in [0.15, 0.2) is 0 Å². The third-order valence-corrected chi connectivity index (χ3v) is 3.87. The highest BCUT2D eigenvalue weighted by Gasteiger charge is 2.37. The van der Waals surface area contributed by atoms with Gasteiger partial charge in [-0.3, -0.25) is 4.57 Å². The molecule has 1 aromatic rings. The molecule has 1 aliphatic heterocycles. The van der Waals surface area contributed by atoms with Crippen LogP contribution in [0.5, 0.6) is 5.75 Å². The fraction of sp³-hybridized carbons (Fsp3) is 0.357. The molecule has 130 valence electrons. The fourth-order valence-corrected chi connectivity index (χ4v) is 2.60. The minimum Gasteiger partial charge on any atom is -0.462 e. The second-order valence-corrected chi connectivity index (χ2v) is 6.74. The standard InChI is InChI=1S/C14H16NO7PS/c16-12-7-11(5-6-23(18,19)20)22-14(13(12)17)21-10-3-1-9(2-4-10)15-8-24/h1-6,11-14,16-17H,7H2,(H2,18,19,20)/b6-5+/t11-,12+,13+,14+/m1/s1. The number of hydrogen-bond acceptors (Lipinski definition) is 7. The van der Waals surface area contributed by atoms with Crippen molar-refractivity contribution in [1.29, 1.82) is 0 Å². The van der Waals surface area contributed by atoms with Gasteiger partial charge < -0.3 is 29.5 Å². The van der Waals surface area contributed by atoms with Crippen molar-refractivity contribution < 1.29 is 34.0 Å². The van der Waals surface area contributed by atoms with E-state index in [1.54, 1.807) is 24.3 Å². The number of hydrogen-bond donors (Lipinski definition) is 4. The number of aliphatic hydroxyl groups is 2. The molecule has 8 nitrogen and oxygen atoms in total. The first-order chi connectivity index (χ1) is 11.3. The van der Waals surface area contributed by atoms with Crippen molar-refractivity contribution in [2.75, 3.05) is 0 Å². The summed E-state index contributed by atoms with van der Waals surface area (Å²) >= 11 is 4.50. The first kappa shape index (κ1) is 18.9. The van der Waals surface area contributed by atoms with Gasteiger partial charge in [-0.05, 0) is 42.6 Å². The van der Waals surface area contributed by atoms with Crippen LogP contribution in [0.3, 0.4) is 0 Å². The Morgan fingerprint density at radius 1 is 1.33 bits per heavy atom. The van der Waals surface area contributed by atoms with Crippen LogP contribution >= 0.6 is 19.8 Å². The van der Waals surface area contributed by atoms with Crippen LogP contribution in [0.4, 0.5) is 5.69 Å². The lowest BCUT2D eigenvalue weighted by atomic mass is 10.0. The van der Waals surface area contributed by atoms with Crippen molar-refractivity contribution in [2.45, 2.75) is 31.0 Å². The molecule has 10 heteroatoms. The highest BCUT2D eigenvalue weighted by atomic mass is 32.1. The molecule has 24 heavy (non-hydrogen) atoms. The number of rotatable bonds is 5. The lowest BCUT2D eigenvalue weighted by Crippen LogP contribution is -2.50. The number of aliphatic imine (C=N–C) groups is 1. The molecule has 0 bridgehead atoms. The van der Waals surface area contributed by atoms with Crippen molar-refractivity contribution in [3.8, 4) is 5.75 Å². The van der Waals surface area contributed by atoms with Gasteiger partial charge in [-0.15, -0.1) is 0 Å². The highest BCUT2D eigenvalue weighted by molar-refractivity contribution is 7.78. The molecular formula is C14H16NO7PS. The largest absolute Gasteiger partial charge is 0.462 e. The maximum Gasteiger partial charge on any atom is 0.348 e. The molecule has 2 rings (SSSR count). The van der Waals surface area contributed by atoms with Crippen molar-refractivity contribution >= 4 is 30.7 Å². The van der Waals surface area contributed by atoms with Gasteiger partial charge in [0.2, 0.25) is 6.29 Å². The summed E-state index contributed by atoms with van der Waals surface area (Å²) in [4.78, 5) is 21.5. The molecule has 4 N–H and O–H groups in total. The van der Waals surface area contributed by atoms with Crippen LogP contribution in [-0.4, -0.2) is 49.8 Å². The quantitative estimate of drug-likeness (QED) is 0.346. The summed E-state index contributed by atoms with van der Waals surface area (Å²) in [6.45, 7) is 0. The van der Waals surface area contributed by atoms with E-state index >= 15 is 0 Å². The monoisotopic (exact) mass is 373 g/mol. The molecule has 4 atom stereocenters. The Balaban J connectivity index is 2.07. The molecule has 1 saturated heterocycles. The number of isothiocyanates is 1. The van der Waals surface area contributed by atoms with E-state index in [-0.39, 0.29) is 6.42 Å². The van der Waals surface area contributed by atoms with E-state index in [2.05, 4.69) is 22.4 Å². The van der Waals surface area contributed by atoms with Crippen LogP contribution in [-0.2, 0) is 9.30 Å². The summed E-state index contributed by atoms with van der Waals surface area (Å²) < 4.78 is 21.8. The minimum atomic E-state index is -4.34. The van der Waals surface area contributed by atoms with Crippen molar-refractivity contribution in [3.05, 3.63) is 36.2 Å². The number of aliphatic hydroxyl groups excluding tert-OH is 2. The van der Waals surface area contributed by atoms with E-state index in [9.17, 15) is 14.8 Å². The number of thiocarbonyl (C=S) groups is 1. The summed E-state index contributed by atoms with van der Waals surface area (Å²) in [6.07, 6.45) is -3.33. The van der Waals surface area contributed by atoms with Gasteiger partial charge >= 0.3 is 7.60 Å². The molecule has 0 amide bonds. The molecule has 1 aliphatic rings. The molecule has 0 aromatic heterocycles. The third-order valence-electron chi connectivity index (χ3n) is 3.21. The Kier molecular flexibility index (Phi) is 6.40. The van der Waals surface area contributed by atoms with Gasteiger partial charge in [-0.2, -0.15) is 4.99 Å². The number of benzene rings is 1. The summed E-state index contributed by atoms with van der Waals surface area (Å²) in [5.41, 5.74) is 0.574. The molecule has 0 radical (unpaired) electrons. The predicted molar refractivity (Wildman–Crippen MR) is 88.2 cm³/mol. The molecule has 1 fully saturated rings. The summed E-state index contributed by atoms with van der Waals surface area (Å²) in [6, 6.07) is 6.38. The van der Waals surface area contributed by atoms with Crippen LogP contribution in [0.2, 0.25) is 0 Å². The van der Waals surface area contributed by atoms with Gasteiger partial charge in [0.05, 0.1) is 23.1 Å². The molecule has 0 spiro atoms. The van der Waals surface area contributed by atoms with Gasteiger partial charge in [0, 0.05) is 12.2 Å². The average molecular weight is 373 g/mol. The van der Waals surface area contributed by atoms with Gasteiger partial charge in [-0.1, -0.05) is 0 Å². The van der Waals surface area contributed by atoms with Gasteiger partial charge in [-0.25, -0.2) is 0 Å². The Morgan fingerprint density at radius 3 is 2.58 bits per heavy atom. The first-order valence-electron chi connectivity index (χ1n) is 6.89. The smallest absolute Gasteiger partial charge is 0.348 e. The molecule has 1 aromatic carbocycles. The predicted octanol–water partition coefficient (Wildman–Crippen LogP) is 1.33. The Bertz CT molecular complexity index is 683. The van der Waals surface area contributed by atoms with E-state index in [4.69, 9.17) is 19.3 Å². The molecule has 1 heterocycles. The zero-order valence-electron chi connectivity index (χ0n) is 12.3. The topological polar surface area (TPSA) is 129 Å². The molecular weight excluding hydrogens is 357 g/mol. The Hall–Kier alpha value is -1.41. The second-order valence-electron chi connectivity index (χ2n) is 5.08. The second kappa shape index (κ2) is 8.11. The first-order valence-corrected chi connectivity index (χ1v) is 8.98. The summed E-state index contributed by atoms with van der Waals surface area (Å²) in [5.74, 6) is 1.05. The van der Waals surface area contributed by atoms with Crippen molar-refractivity contribution in [1.82, 2.24) is 0 Å². The minimum absolute atomic E-state index is 0.0140. The summed E-state index contributed by atoms with van der Waals surface area (Å²) in [7, 11) is -4.34. The maximum atomic E-state index is 10.9. The number of nitrogens with zero attached hydrogens (tertiary/aromatic N) is 1. The summed E-state index contributed by atoms with van der Waals surface area (Å²) in [5, 5.41) is 22.1. The van der Waals surface area contributed by atoms with E-state index < -0.39 is 32.2 Å². The third kappa shape index (κ3) is 5.59. The molecule has 0 saturated carbocycles. The van der Waals surface area contributed by atoms with E-state index in [0.717, 1.165) is 6.08 Å².